The Hall–Kier alpha value is -4.55. The fourth-order valence-electron chi connectivity index (χ4n) is 4.93. The summed E-state index contributed by atoms with van der Waals surface area (Å²) in [5.41, 5.74) is 8.02. The number of aryl methyl sites for hydroxylation is 2. The van der Waals surface area contributed by atoms with Gasteiger partial charge in [0.15, 0.2) is 11.5 Å². The Morgan fingerprint density at radius 1 is 1.15 bits per heavy atom. The van der Waals surface area contributed by atoms with E-state index in [9.17, 15) is 27.9 Å². The Morgan fingerprint density at radius 3 is 2.50 bits per heavy atom. The van der Waals surface area contributed by atoms with Crippen LogP contribution < -0.4 is 11.1 Å². The van der Waals surface area contributed by atoms with Crippen molar-refractivity contribution < 1.29 is 27.9 Å². The number of alkyl halides is 3. The minimum absolute atomic E-state index is 0.0157. The number of carbonyl (C=O) groups excluding carboxylic acids is 1. The second-order valence-corrected chi connectivity index (χ2v) is 10.0. The third-order valence-corrected chi connectivity index (χ3v) is 7.26. The van der Waals surface area contributed by atoms with Gasteiger partial charge in [-0.15, -0.1) is 0 Å². The van der Waals surface area contributed by atoms with Crippen LogP contribution in [-0.2, 0) is 21.5 Å². The number of carbonyl (C=O) groups is 2. The van der Waals surface area contributed by atoms with Crippen molar-refractivity contribution in [2.24, 2.45) is 0 Å². The van der Waals surface area contributed by atoms with Crippen LogP contribution in [0.4, 0.5) is 24.8 Å². The molecule has 3 aromatic heterocycles. The number of fused-ring (bicyclic) bond motifs is 2. The molecule has 5 rings (SSSR count). The van der Waals surface area contributed by atoms with Crippen LogP contribution >= 0.6 is 0 Å². The lowest BCUT2D eigenvalue weighted by molar-refractivity contribution is -0.138. The maximum absolute atomic E-state index is 13.3. The molecule has 13 heteroatoms. The first-order chi connectivity index (χ1) is 18.8. The summed E-state index contributed by atoms with van der Waals surface area (Å²) in [5, 5.41) is 17.1. The normalized spacial score (nSPS) is 17.6. The van der Waals surface area contributed by atoms with Gasteiger partial charge in [-0.3, -0.25) is 9.59 Å². The molecule has 2 unspecified atom stereocenters. The smallest absolute Gasteiger partial charge is 0.389 e. The number of benzene rings is 1. The molecule has 1 aliphatic rings. The number of nitrogens with two attached hydrogens (primary N) is 1. The Kier molecular flexibility index (Phi) is 6.47. The van der Waals surface area contributed by atoms with Crippen molar-refractivity contribution in [3.63, 3.8) is 0 Å². The van der Waals surface area contributed by atoms with E-state index in [0.29, 0.717) is 33.4 Å². The Morgan fingerprint density at radius 2 is 1.85 bits per heavy atom. The van der Waals surface area contributed by atoms with Crippen LogP contribution in [0.2, 0.25) is 0 Å². The van der Waals surface area contributed by atoms with Crippen LogP contribution in [0.25, 0.3) is 22.6 Å². The van der Waals surface area contributed by atoms with Crippen molar-refractivity contribution in [3.05, 3.63) is 58.8 Å². The van der Waals surface area contributed by atoms with E-state index in [-0.39, 0.29) is 42.0 Å². The van der Waals surface area contributed by atoms with E-state index in [1.54, 1.807) is 57.2 Å². The molecular formula is C27H26F3N7O3. The molecule has 0 spiro atoms. The number of carboxylic acids is 1. The summed E-state index contributed by atoms with van der Waals surface area (Å²) in [6.07, 6.45) is -5.42. The molecule has 40 heavy (non-hydrogen) atoms. The van der Waals surface area contributed by atoms with E-state index in [1.165, 1.54) is 4.68 Å². The number of amides is 1. The second kappa shape index (κ2) is 9.57. The van der Waals surface area contributed by atoms with Gasteiger partial charge in [0.25, 0.3) is 0 Å². The summed E-state index contributed by atoms with van der Waals surface area (Å²) in [4.78, 5) is 38.1. The number of halogens is 3. The third-order valence-electron chi connectivity index (χ3n) is 7.26. The van der Waals surface area contributed by atoms with Crippen molar-refractivity contribution in [3.8, 4) is 11.5 Å². The van der Waals surface area contributed by atoms with Crippen molar-refractivity contribution in [2.45, 2.75) is 57.7 Å². The lowest BCUT2D eigenvalue weighted by Gasteiger charge is -2.24. The standard InChI is InChI=1S/C27H26F3N7O3/c1-13-5-10-17-19(36-37(23(17)32-13)12-4-11-27(28,29)30)22-33-20(31)18-21(34-22)35-25(40)26(18,3)16-8-6-15(7-9-16)14(2)24(38)39/h5-10,14H,4,11-12H2,1-3H3,(H,38,39)(H3,31,33,34,35,40). The van der Waals surface area contributed by atoms with Crippen LogP contribution in [0.15, 0.2) is 36.4 Å². The van der Waals surface area contributed by atoms with Crippen LogP contribution in [0.3, 0.4) is 0 Å². The molecule has 4 heterocycles. The first kappa shape index (κ1) is 27.0. The van der Waals surface area contributed by atoms with Gasteiger partial charge >= 0.3 is 12.1 Å². The van der Waals surface area contributed by atoms with Gasteiger partial charge in [0, 0.05) is 18.7 Å². The molecule has 0 saturated carbocycles. The summed E-state index contributed by atoms with van der Waals surface area (Å²) in [7, 11) is 0. The molecule has 2 atom stereocenters. The molecule has 4 N–H and O–H groups in total. The molecule has 1 aliphatic heterocycles. The van der Waals surface area contributed by atoms with Crippen molar-refractivity contribution in [1.29, 1.82) is 0 Å². The average molecular weight is 554 g/mol. The monoisotopic (exact) mass is 553 g/mol. The fraction of sp³-hybridized carbons (Fsp3) is 0.333. The number of pyridine rings is 1. The number of aromatic nitrogens is 5. The zero-order valence-electron chi connectivity index (χ0n) is 21.9. The van der Waals surface area contributed by atoms with Gasteiger partial charge in [0.2, 0.25) is 5.91 Å². The number of anilines is 2. The minimum atomic E-state index is -4.29. The number of aliphatic carboxylic acids is 1. The molecule has 0 aliphatic carbocycles. The van der Waals surface area contributed by atoms with Crippen LogP contribution in [-0.4, -0.2) is 47.9 Å². The second-order valence-electron chi connectivity index (χ2n) is 10.0. The minimum Gasteiger partial charge on any atom is -0.481 e. The number of nitrogen functional groups attached to an aromatic ring is 1. The van der Waals surface area contributed by atoms with Gasteiger partial charge in [0.1, 0.15) is 22.7 Å². The molecule has 4 aromatic rings. The molecule has 0 saturated heterocycles. The molecule has 1 amide bonds. The highest BCUT2D eigenvalue weighted by Gasteiger charge is 2.47. The number of nitrogens with zero attached hydrogens (tertiary/aromatic N) is 5. The van der Waals surface area contributed by atoms with E-state index >= 15 is 0 Å². The fourth-order valence-corrected chi connectivity index (χ4v) is 4.93. The van der Waals surface area contributed by atoms with Gasteiger partial charge in [-0.1, -0.05) is 24.3 Å². The first-order valence-corrected chi connectivity index (χ1v) is 12.5. The van der Waals surface area contributed by atoms with E-state index in [0.717, 1.165) is 0 Å². The first-order valence-electron chi connectivity index (χ1n) is 12.5. The largest absolute Gasteiger partial charge is 0.481 e. The lowest BCUT2D eigenvalue weighted by atomic mass is 9.77. The predicted octanol–water partition coefficient (Wildman–Crippen LogP) is 4.57. The number of rotatable bonds is 7. The van der Waals surface area contributed by atoms with Crippen molar-refractivity contribution in [2.75, 3.05) is 11.1 Å². The molecule has 0 radical (unpaired) electrons. The molecule has 0 fully saturated rings. The van der Waals surface area contributed by atoms with E-state index in [1.807, 2.05) is 0 Å². The summed E-state index contributed by atoms with van der Waals surface area (Å²) in [5.74, 6) is -1.75. The lowest BCUT2D eigenvalue weighted by Crippen LogP contribution is -2.33. The quantitative estimate of drug-likeness (QED) is 0.301. The Bertz CT molecular complexity index is 1650. The molecular weight excluding hydrogens is 527 g/mol. The van der Waals surface area contributed by atoms with Gasteiger partial charge in [0.05, 0.1) is 16.9 Å². The van der Waals surface area contributed by atoms with Gasteiger partial charge in [-0.05, 0) is 50.5 Å². The van der Waals surface area contributed by atoms with E-state index in [2.05, 4.69) is 25.4 Å². The molecule has 10 nitrogen and oxygen atoms in total. The average Bonchev–Trinajstić information content (AvgIpc) is 3.37. The number of nitrogens with one attached hydrogen (secondary N) is 1. The van der Waals surface area contributed by atoms with Crippen molar-refractivity contribution in [1.82, 2.24) is 24.7 Å². The third kappa shape index (κ3) is 4.61. The summed E-state index contributed by atoms with van der Waals surface area (Å²) >= 11 is 0. The maximum atomic E-state index is 13.3. The molecule has 0 bridgehead atoms. The SMILES string of the molecule is Cc1ccc2c(-c3nc(N)c4c(n3)NC(=O)C4(C)c3ccc(C(C)C(=O)O)cc3)nn(CCCC(F)(F)F)c2n1. The number of carboxylic acid groups (broad SMARTS) is 1. The molecule has 1 aromatic carbocycles. The highest BCUT2D eigenvalue weighted by Crippen LogP contribution is 2.45. The van der Waals surface area contributed by atoms with Crippen LogP contribution in [0.1, 0.15) is 55.0 Å². The van der Waals surface area contributed by atoms with Crippen molar-refractivity contribution >= 4 is 34.5 Å². The number of hydrogen-bond acceptors (Lipinski definition) is 7. The maximum Gasteiger partial charge on any atom is 0.389 e. The summed E-state index contributed by atoms with van der Waals surface area (Å²) in [6, 6.07) is 10.2. The van der Waals surface area contributed by atoms with E-state index < -0.39 is 29.9 Å². The summed E-state index contributed by atoms with van der Waals surface area (Å²) < 4.78 is 39.6. The van der Waals surface area contributed by atoms with Gasteiger partial charge in [-0.2, -0.15) is 18.3 Å². The predicted molar refractivity (Wildman–Crippen MR) is 141 cm³/mol. The zero-order chi connectivity index (χ0) is 29.0. The Balaban J connectivity index is 1.55. The molecule has 208 valence electrons. The highest BCUT2D eigenvalue weighted by molar-refractivity contribution is 6.09. The highest BCUT2D eigenvalue weighted by atomic mass is 19.4. The van der Waals surface area contributed by atoms with E-state index in [4.69, 9.17) is 5.73 Å². The Labute approximate surface area is 226 Å². The summed E-state index contributed by atoms with van der Waals surface area (Å²) in [6.45, 7) is 5.00. The van der Waals surface area contributed by atoms with Crippen LogP contribution in [0.5, 0.6) is 0 Å². The number of hydrogen-bond donors (Lipinski definition) is 3. The van der Waals surface area contributed by atoms with Crippen LogP contribution in [0, 0.1) is 6.92 Å². The van der Waals surface area contributed by atoms with Gasteiger partial charge in [-0.25, -0.2) is 19.6 Å². The van der Waals surface area contributed by atoms with Gasteiger partial charge < -0.3 is 16.2 Å². The topological polar surface area (TPSA) is 149 Å². The zero-order valence-corrected chi connectivity index (χ0v) is 21.9.